The Morgan fingerprint density at radius 3 is 2.00 bits per heavy atom. The molecule has 0 aromatic heterocycles. The van der Waals surface area contributed by atoms with Gasteiger partial charge in [0.05, 0.1) is 12.2 Å². The molecule has 0 saturated carbocycles. The monoisotopic (exact) mass is 400 g/mol. The highest BCUT2D eigenvalue weighted by Crippen LogP contribution is 2.15. The second-order valence-electron chi connectivity index (χ2n) is 6.83. The number of benzene rings is 2. The Kier molecular flexibility index (Phi) is 12.3. The first-order valence-electron chi connectivity index (χ1n) is 9.90. The van der Waals surface area contributed by atoms with Gasteiger partial charge in [0.2, 0.25) is 0 Å². The lowest BCUT2D eigenvalue weighted by molar-refractivity contribution is -0.275. The minimum absolute atomic E-state index is 0.0463. The second-order valence-corrected chi connectivity index (χ2v) is 6.83. The molecule has 29 heavy (non-hydrogen) atoms. The van der Waals surface area contributed by atoms with Crippen molar-refractivity contribution >= 4 is 12.0 Å². The van der Waals surface area contributed by atoms with Gasteiger partial charge in [0.25, 0.3) is 0 Å². The van der Waals surface area contributed by atoms with Crippen LogP contribution in [0.2, 0.25) is 0 Å². The molecule has 1 unspecified atom stereocenters. The van der Waals surface area contributed by atoms with E-state index in [9.17, 15) is 4.79 Å². The summed E-state index contributed by atoms with van der Waals surface area (Å²) in [6, 6.07) is 19.0. The highest BCUT2D eigenvalue weighted by atomic mass is 17.2. The first kappa shape index (κ1) is 24.6. The van der Waals surface area contributed by atoms with Crippen LogP contribution in [0.1, 0.15) is 44.7 Å². The maximum atomic E-state index is 11.4. The normalized spacial score (nSPS) is 13.8. The van der Waals surface area contributed by atoms with Gasteiger partial charge in [0.15, 0.2) is 0 Å². The van der Waals surface area contributed by atoms with E-state index >= 15 is 0 Å². The van der Waals surface area contributed by atoms with Gasteiger partial charge in [-0.05, 0) is 37.5 Å². The van der Waals surface area contributed by atoms with Crippen molar-refractivity contribution in [2.45, 2.75) is 52.4 Å². The Labute approximate surface area is 173 Å². The molecule has 158 valence electrons. The Morgan fingerprint density at radius 1 is 0.966 bits per heavy atom. The zero-order valence-electron chi connectivity index (χ0n) is 17.4. The molecule has 3 atom stereocenters. The molecule has 5 nitrogen and oxygen atoms in total. The molecule has 0 spiro atoms. The molecule has 0 amide bonds. The summed E-state index contributed by atoms with van der Waals surface area (Å²) in [7, 11) is 0. The van der Waals surface area contributed by atoms with Crippen LogP contribution in [0.3, 0.4) is 0 Å². The fraction of sp³-hybridized carbons (Fsp3) is 0.375. The van der Waals surface area contributed by atoms with Crippen molar-refractivity contribution < 1.29 is 24.8 Å². The summed E-state index contributed by atoms with van der Waals surface area (Å²) in [5.74, 6) is -0.482. The Balaban J connectivity index is 0.000000359. The van der Waals surface area contributed by atoms with Crippen LogP contribution in [0.4, 0.5) is 0 Å². The number of aliphatic hydroxyl groups excluding tert-OH is 2. The summed E-state index contributed by atoms with van der Waals surface area (Å²) in [6.07, 6.45) is 4.14. The Morgan fingerprint density at radius 2 is 1.52 bits per heavy atom. The van der Waals surface area contributed by atoms with Crippen molar-refractivity contribution in [3.05, 3.63) is 77.9 Å². The van der Waals surface area contributed by atoms with Crippen molar-refractivity contribution in [1.82, 2.24) is 0 Å². The predicted molar refractivity (Wildman–Crippen MR) is 115 cm³/mol. The van der Waals surface area contributed by atoms with Crippen molar-refractivity contribution in [2.75, 3.05) is 0 Å². The molecule has 0 bridgehead atoms. The molecule has 0 saturated heterocycles. The Bertz CT molecular complexity index is 688. The quantitative estimate of drug-likeness (QED) is 0.367. The van der Waals surface area contributed by atoms with Crippen LogP contribution >= 0.6 is 0 Å². The van der Waals surface area contributed by atoms with Crippen LogP contribution in [0.25, 0.3) is 6.08 Å². The van der Waals surface area contributed by atoms with E-state index in [4.69, 9.17) is 15.1 Å². The van der Waals surface area contributed by atoms with Crippen molar-refractivity contribution in [3.63, 3.8) is 0 Å². The zero-order chi connectivity index (χ0) is 21.5. The van der Waals surface area contributed by atoms with E-state index in [0.29, 0.717) is 0 Å². The van der Waals surface area contributed by atoms with Gasteiger partial charge in [-0.3, -0.25) is 4.89 Å². The lowest BCUT2D eigenvalue weighted by Gasteiger charge is -2.21. The van der Waals surface area contributed by atoms with Crippen molar-refractivity contribution in [3.8, 4) is 0 Å². The molecule has 0 radical (unpaired) electrons. The molecule has 0 heterocycles. The van der Waals surface area contributed by atoms with Gasteiger partial charge < -0.3 is 10.2 Å². The van der Waals surface area contributed by atoms with E-state index in [-0.39, 0.29) is 24.7 Å². The fourth-order valence-electron chi connectivity index (χ4n) is 2.70. The molecule has 0 aliphatic rings. The highest BCUT2D eigenvalue weighted by Gasteiger charge is 2.18. The summed E-state index contributed by atoms with van der Waals surface area (Å²) in [5, 5.41) is 18.3. The molecule has 2 N–H and O–H groups in total. The topological polar surface area (TPSA) is 76.0 Å². The summed E-state index contributed by atoms with van der Waals surface area (Å²) < 4.78 is 0. The van der Waals surface area contributed by atoms with Crippen molar-refractivity contribution in [1.29, 1.82) is 0 Å². The van der Waals surface area contributed by atoms with Crippen LogP contribution in [0.15, 0.2) is 66.7 Å². The standard InChI is InChI=1S/C16H14O3.C8H18O2/c17-16(12-11-14-7-3-1-4-8-14)19-18-13-15-9-5-2-6-10-15;1-4-5-8(6(2)9)7(3)10/h1-12H,13H2;6-10H,4-5H2,1-3H3/t;6-,7+,8?. The van der Waals surface area contributed by atoms with Gasteiger partial charge in [-0.2, -0.15) is 4.89 Å². The number of rotatable bonds is 9. The van der Waals surface area contributed by atoms with Crippen LogP contribution in [0, 0.1) is 5.92 Å². The molecule has 0 aliphatic heterocycles. The maximum Gasteiger partial charge on any atom is 0.365 e. The molecule has 0 fully saturated rings. The van der Waals surface area contributed by atoms with E-state index in [1.54, 1.807) is 19.9 Å². The van der Waals surface area contributed by atoms with E-state index in [1.807, 2.05) is 60.7 Å². The molecule has 5 heteroatoms. The number of carbonyl (C=O) groups is 1. The molecule has 0 aliphatic carbocycles. The smallest absolute Gasteiger partial charge is 0.365 e. The first-order valence-corrected chi connectivity index (χ1v) is 9.90. The van der Waals surface area contributed by atoms with Gasteiger partial charge in [0.1, 0.15) is 6.61 Å². The van der Waals surface area contributed by atoms with Gasteiger partial charge in [-0.15, -0.1) is 0 Å². The average molecular weight is 401 g/mol. The zero-order valence-corrected chi connectivity index (χ0v) is 17.4. The van der Waals surface area contributed by atoms with Gasteiger partial charge in [-0.1, -0.05) is 74.0 Å². The highest BCUT2D eigenvalue weighted by molar-refractivity contribution is 5.86. The average Bonchev–Trinajstić information content (AvgIpc) is 2.72. The summed E-state index contributed by atoms with van der Waals surface area (Å²) in [6.45, 7) is 5.75. The lowest BCUT2D eigenvalue weighted by atomic mass is 9.93. The van der Waals surface area contributed by atoms with E-state index in [0.717, 1.165) is 24.0 Å². The molecular formula is C24H32O5. The SMILES string of the molecule is CCCC([C@H](C)O)[C@@H](C)O.O=C(C=Cc1ccccc1)OOCc1ccccc1. The van der Waals surface area contributed by atoms with E-state index in [1.165, 1.54) is 6.08 Å². The summed E-state index contributed by atoms with van der Waals surface area (Å²) in [4.78, 5) is 20.9. The van der Waals surface area contributed by atoms with Gasteiger partial charge >= 0.3 is 5.97 Å². The van der Waals surface area contributed by atoms with Crippen LogP contribution in [-0.2, 0) is 21.2 Å². The van der Waals surface area contributed by atoms with Gasteiger partial charge in [0, 0.05) is 12.0 Å². The first-order chi connectivity index (χ1) is 13.9. The predicted octanol–water partition coefficient (Wildman–Crippen LogP) is 4.54. The summed E-state index contributed by atoms with van der Waals surface area (Å²) in [5.41, 5.74) is 1.88. The van der Waals surface area contributed by atoms with Gasteiger partial charge in [-0.25, -0.2) is 4.79 Å². The minimum Gasteiger partial charge on any atom is -0.393 e. The largest absolute Gasteiger partial charge is 0.393 e. The number of hydrogen-bond acceptors (Lipinski definition) is 5. The van der Waals surface area contributed by atoms with Crippen LogP contribution in [-0.4, -0.2) is 28.4 Å². The van der Waals surface area contributed by atoms with Crippen molar-refractivity contribution in [2.24, 2.45) is 5.92 Å². The van der Waals surface area contributed by atoms with E-state index < -0.39 is 5.97 Å². The number of hydrogen-bond donors (Lipinski definition) is 2. The second kappa shape index (κ2) is 14.5. The van der Waals surface area contributed by atoms with E-state index in [2.05, 4.69) is 11.8 Å². The number of aliphatic hydroxyl groups is 2. The maximum absolute atomic E-state index is 11.4. The molecular weight excluding hydrogens is 368 g/mol. The third-order valence-corrected chi connectivity index (χ3v) is 4.28. The van der Waals surface area contributed by atoms with Crippen LogP contribution < -0.4 is 0 Å². The third kappa shape index (κ3) is 11.2. The minimum atomic E-state index is -0.528. The van der Waals surface area contributed by atoms with Crippen LogP contribution in [0.5, 0.6) is 0 Å². The Hall–Kier alpha value is -2.47. The summed E-state index contributed by atoms with van der Waals surface area (Å²) >= 11 is 0. The number of carbonyl (C=O) groups excluding carboxylic acids is 1. The molecule has 2 rings (SSSR count). The molecule has 2 aromatic rings. The fourth-order valence-corrected chi connectivity index (χ4v) is 2.70. The molecule has 2 aromatic carbocycles. The lowest BCUT2D eigenvalue weighted by Crippen LogP contribution is -2.27. The third-order valence-electron chi connectivity index (χ3n) is 4.28.